The van der Waals surface area contributed by atoms with Crippen molar-refractivity contribution in [1.82, 2.24) is 9.80 Å². The minimum Gasteiger partial charge on any atom is -0.306 e. The molecule has 0 spiro atoms. The zero-order valence-electron chi connectivity index (χ0n) is 9.91. The summed E-state index contributed by atoms with van der Waals surface area (Å²) < 4.78 is 0. The third kappa shape index (κ3) is 2.40. The summed E-state index contributed by atoms with van der Waals surface area (Å²) in [6, 6.07) is 0.899. The van der Waals surface area contributed by atoms with Crippen LogP contribution in [0.5, 0.6) is 0 Å². The number of ketones is 1. The van der Waals surface area contributed by atoms with Crippen molar-refractivity contribution in [1.29, 1.82) is 0 Å². The third-order valence-electron chi connectivity index (χ3n) is 3.92. The van der Waals surface area contributed by atoms with E-state index in [1.807, 2.05) is 0 Å². The van der Waals surface area contributed by atoms with Crippen molar-refractivity contribution in [3.8, 4) is 0 Å². The Bertz CT molecular complexity index is 234. The van der Waals surface area contributed by atoms with Gasteiger partial charge in [-0.15, -0.1) is 0 Å². The van der Waals surface area contributed by atoms with E-state index in [2.05, 4.69) is 16.8 Å². The molecule has 1 unspecified atom stereocenters. The Labute approximate surface area is 92.4 Å². The number of hydrogen-bond donors (Lipinski definition) is 0. The second kappa shape index (κ2) is 4.62. The standard InChI is InChI=1S/C12H22N2O/c1-10(15)12-4-3-7-14(12)11-5-8-13(2)9-6-11/h11-12H,3-9H2,1-2H3. The first-order valence-corrected chi connectivity index (χ1v) is 6.13. The number of Topliss-reactive ketones (excluding diaryl/α,β-unsaturated/α-hetero) is 1. The molecule has 3 heteroatoms. The predicted octanol–water partition coefficient (Wildman–Crippen LogP) is 1.13. The lowest BCUT2D eigenvalue weighted by atomic mass is 10.0. The fourth-order valence-electron chi connectivity index (χ4n) is 2.99. The van der Waals surface area contributed by atoms with Crippen LogP contribution in [0.2, 0.25) is 0 Å². The van der Waals surface area contributed by atoms with E-state index in [0.717, 1.165) is 13.0 Å². The van der Waals surface area contributed by atoms with Crippen molar-refractivity contribution in [3.63, 3.8) is 0 Å². The van der Waals surface area contributed by atoms with Gasteiger partial charge in [-0.05, 0) is 59.3 Å². The number of rotatable bonds is 2. The monoisotopic (exact) mass is 210 g/mol. The summed E-state index contributed by atoms with van der Waals surface area (Å²) in [5.41, 5.74) is 0. The smallest absolute Gasteiger partial charge is 0.146 e. The van der Waals surface area contributed by atoms with Crippen molar-refractivity contribution in [2.45, 2.75) is 44.7 Å². The zero-order chi connectivity index (χ0) is 10.8. The van der Waals surface area contributed by atoms with Crippen LogP contribution >= 0.6 is 0 Å². The Kier molecular flexibility index (Phi) is 3.42. The second-order valence-electron chi connectivity index (χ2n) is 5.04. The van der Waals surface area contributed by atoms with Gasteiger partial charge in [0.25, 0.3) is 0 Å². The van der Waals surface area contributed by atoms with E-state index in [1.54, 1.807) is 6.92 Å². The van der Waals surface area contributed by atoms with Crippen molar-refractivity contribution in [2.75, 3.05) is 26.7 Å². The minimum absolute atomic E-state index is 0.235. The van der Waals surface area contributed by atoms with Gasteiger partial charge >= 0.3 is 0 Å². The number of nitrogens with zero attached hydrogens (tertiary/aromatic N) is 2. The van der Waals surface area contributed by atoms with Gasteiger partial charge in [-0.2, -0.15) is 0 Å². The largest absolute Gasteiger partial charge is 0.306 e. The van der Waals surface area contributed by atoms with Crippen LogP contribution in [-0.2, 0) is 4.79 Å². The van der Waals surface area contributed by atoms with E-state index < -0.39 is 0 Å². The fraction of sp³-hybridized carbons (Fsp3) is 0.917. The Morgan fingerprint density at radius 2 is 1.80 bits per heavy atom. The van der Waals surface area contributed by atoms with Crippen LogP contribution in [0.25, 0.3) is 0 Å². The van der Waals surface area contributed by atoms with Gasteiger partial charge in [0.1, 0.15) is 5.78 Å². The second-order valence-corrected chi connectivity index (χ2v) is 5.04. The molecule has 2 aliphatic heterocycles. The lowest BCUT2D eigenvalue weighted by Crippen LogP contribution is -2.47. The highest BCUT2D eigenvalue weighted by Crippen LogP contribution is 2.25. The van der Waals surface area contributed by atoms with Crippen LogP contribution in [-0.4, -0.2) is 54.3 Å². The molecule has 0 aromatic rings. The number of piperidine rings is 1. The van der Waals surface area contributed by atoms with E-state index in [-0.39, 0.29) is 6.04 Å². The summed E-state index contributed by atoms with van der Waals surface area (Å²) in [6.07, 6.45) is 4.76. The molecule has 3 nitrogen and oxygen atoms in total. The lowest BCUT2D eigenvalue weighted by molar-refractivity contribution is -0.122. The molecule has 0 saturated carbocycles. The Hall–Kier alpha value is -0.410. The van der Waals surface area contributed by atoms with Crippen molar-refractivity contribution >= 4 is 5.78 Å². The molecule has 0 bridgehead atoms. The first-order chi connectivity index (χ1) is 7.18. The lowest BCUT2D eigenvalue weighted by Gasteiger charge is -2.37. The van der Waals surface area contributed by atoms with Gasteiger partial charge in [-0.3, -0.25) is 9.69 Å². The van der Waals surface area contributed by atoms with E-state index in [9.17, 15) is 4.79 Å². The van der Waals surface area contributed by atoms with Gasteiger partial charge in [0.15, 0.2) is 0 Å². The van der Waals surface area contributed by atoms with E-state index in [1.165, 1.54) is 32.4 Å². The topological polar surface area (TPSA) is 23.6 Å². The van der Waals surface area contributed by atoms with Gasteiger partial charge in [0.05, 0.1) is 6.04 Å². The van der Waals surface area contributed by atoms with Crippen LogP contribution in [0.4, 0.5) is 0 Å². The molecule has 0 amide bonds. The number of likely N-dealkylation sites (tertiary alicyclic amines) is 2. The Balaban J connectivity index is 1.94. The van der Waals surface area contributed by atoms with Crippen LogP contribution in [0.15, 0.2) is 0 Å². The maximum atomic E-state index is 11.5. The van der Waals surface area contributed by atoms with E-state index in [4.69, 9.17) is 0 Å². The van der Waals surface area contributed by atoms with Gasteiger partial charge < -0.3 is 4.90 Å². The molecule has 0 aromatic carbocycles. The maximum absolute atomic E-state index is 11.5. The van der Waals surface area contributed by atoms with Gasteiger partial charge in [0, 0.05) is 6.04 Å². The highest BCUT2D eigenvalue weighted by Gasteiger charge is 2.34. The molecular weight excluding hydrogens is 188 g/mol. The molecule has 0 aliphatic carbocycles. The normalized spacial score (nSPS) is 30.9. The average Bonchev–Trinajstić information content (AvgIpc) is 2.67. The highest BCUT2D eigenvalue weighted by atomic mass is 16.1. The number of carbonyl (C=O) groups is 1. The number of hydrogen-bond acceptors (Lipinski definition) is 3. The van der Waals surface area contributed by atoms with E-state index >= 15 is 0 Å². The van der Waals surface area contributed by atoms with Crippen LogP contribution in [0.3, 0.4) is 0 Å². The first kappa shape index (κ1) is 11.1. The predicted molar refractivity (Wildman–Crippen MR) is 60.9 cm³/mol. The summed E-state index contributed by atoms with van der Waals surface area (Å²) in [6.45, 7) is 5.26. The Morgan fingerprint density at radius 3 is 2.40 bits per heavy atom. The summed E-state index contributed by atoms with van der Waals surface area (Å²) in [5, 5.41) is 0. The minimum atomic E-state index is 0.235. The Morgan fingerprint density at radius 1 is 1.13 bits per heavy atom. The quantitative estimate of drug-likeness (QED) is 0.683. The molecule has 0 radical (unpaired) electrons. The molecular formula is C12H22N2O. The highest BCUT2D eigenvalue weighted by molar-refractivity contribution is 5.81. The van der Waals surface area contributed by atoms with E-state index in [0.29, 0.717) is 11.8 Å². The molecule has 86 valence electrons. The third-order valence-corrected chi connectivity index (χ3v) is 3.92. The van der Waals surface area contributed by atoms with Crippen LogP contribution < -0.4 is 0 Å². The summed E-state index contributed by atoms with van der Waals surface area (Å²) in [5.74, 6) is 0.367. The van der Waals surface area contributed by atoms with Gasteiger partial charge in [-0.1, -0.05) is 0 Å². The zero-order valence-corrected chi connectivity index (χ0v) is 9.91. The van der Waals surface area contributed by atoms with Crippen LogP contribution in [0, 0.1) is 0 Å². The van der Waals surface area contributed by atoms with Crippen molar-refractivity contribution in [3.05, 3.63) is 0 Å². The van der Waals surface area contributed by atoms with Crippen molar-refractivity contribution < 1.29 is 4.79 Å². The summed E-state index contributed by atoms with van der Waals surface area (Å²) in [7, 11) is 2.18. The molecule has 1 atom stereocenters. The van der Waals surface area contributed by atoms with Gasteiger partial charge in [-0.25, -0.2) is 0 Å². The van der Waals surface area contributed by atoms with Crippen LogP contribution in [0.1, 0.15) is 32.6 Å². The molecule has 0 aromatic heterocycles. The molecule has 2 rings (SSSR count). The summed E-state index contributed by atoms with van der Waals surface area (Å²) in [4.78, 5) is 16.4. The molecule has 0 N–H and O–H groups in total. The molecule has 2 aliphatic rings. The first-order valence-electron chi connectivity index (χ1n) is 6.13. The average molecular weight is 210 g/mol. The van der Waals surface area contributed by atoms with Crippen molar-refractivity contribution in [2.24, 2.45) is 0 Å². The molecule has 2 fully saturated rings. The summed E-state index contributed by atoms with van der Waals surface area (Å²) >= 11 is 0. The maximum Gasteiger partial charge on any atom is 0.146 e. The fourth-order valence-corrected chi connectivity index (χ4v) is 2.99. The number of carbonyl (C=O) groups excluding carboxylic acids is 1. The molecule has 15 heavy (non-hydrogen) atoms. The molecule has 2 heterocycles. The molecule has 2 saturated heterocycles. The SMILES string of the molecule is CC(=O)C1CCCN1C1CCN(C)CC1. The van der Waals surface area contributed by atoms with Gasteiger partial charge in [0.2, 0.25) is 0 Å².